The van der Waals surface area contributed by atoms with Crippen molar-refractivity contribution in [1.29, 1.82) is 0 Å². The summed E-state index contributed by atoms with van der Waals surface area (Å²) in [6.45, 7) is 6.56. The maximum atomic E-state index is 12.6. The van der Waals surface area contributed by atoms with Crippen LogP contribution in [0.2, 0.25) is 0 Å². The van der Waals surface area contributed by atoms with Crippen molar-refractivity contribution in [1.82, 2.24) is 0 Å². The first-order valence-electron chi connectivity index (χ1n) is 12.5. The Balaban J connectivity index is 1.47. The van der Waals surface area contributed by atoms with Crippen LogP contribution in [0.25, 0.3) is 0 Å². The molecule has 6 nitrogen and oxygen atoms in total. The first kappa shape index (κ1) is 24.4. The normalized spacial score (nSPS) is 48.7. The molecule has 3 saturated carbocycles. The van der Waals surface area contributed by atoms with E-state index in [1.165, 1.54) is 12.3 Å². The lowest BCUT2D eigenvalue weighted by molar-refractivity contribution is -0.200. The first-order valence-corrected chi connectivity index (χ1v) is 13.3. The number of hydrogen-bond donors (Lipinski definition) is 1. The van der Waals surface area contributed by atoms with Gasteiger partial charge < -0.3 is 23.7 Å². The second-order valence-corrected chi connectivity index (χ2v) is 13.7. The zero-order valence-corrected chi connectivity index (χ0v) is 22.4. The van der Waals surface area contributed by atoms with Crippen molar-refractivity contribution in [3.63, 3.8) is 0 Å². The summed E-state index contributed by atoms with van der Waals surface area (Å²) in [5, 5.41) is 12.6. The maximum Gasteiger partial charge on any atom is 0.335 e. The predicted molar refractivity (Wildman–Crippen MR) is 132 cm³/mol. The molecule has 6 rings (SSSR count). The van der Waals surface area contributed by atoms with E-state index in [1.54, 1.807) is 20.3 Å². The van der Waals surface area contributed by atoms with E-state index in [1.807, 2.05) is 0 Å². The van der Waals surface area contributed by atoms with Crippen LogP contribution >= 0.6 is 23.2 Å². The van der Waals surface area contributed by atoms with Gasteiger partial charge in [0.05, 0.1) is 18.0 Å². The van der Waals surface area contributed by atoms with Crippen molar-refractivity contribution in [2.75, 3.05) is 14.2 Å². The largest absolute Gasteiger partial charge is 0.431 e. The van der Waals surface area contributed by atoms with E-state index in [-0.39, 0.29) is 42.0 Å². The quantitative estimate of drug-likeness (QED) is 0.353. The molecule has 1 aromatic heterocycles. The molecule has 1 aromatic rings. The molecule has 0 spiro atoms. The minimum atomic E-state index is -1.23. The molecule has 4 fully saturated rings. The Labute approximate surface area is 215 Å². The maximum absolute atomic E-state index is 12.6. The summed E-state index contributed by atoms with van der Waals surface area (Å²) in [4.78, 5) is 11.6. The Kier molecular flexibility index (Phi) is 5.14. The lowest BCUT2D eigenvalue weighted by Crippen LogP contribution is -2.68. The molecule has 2 heterocycles. The van der Waals surface area contributed by atoms with Crippen molar-refractivity contribution in [3.05, 3.63) is 46.0 Å². The molecule has 0 amide bonds. The zero-order valence-electron chi connectivity index (χ0n) is 20.8. The third-order valence-electron chi connectivity index (χ3n) is 10.5. The third-order valence-corrected chi connectivity index (χ3v) is 11.2. The molecule has 0 aromatic carbocycles. The number of halogens is 2. The van der Waals surface area contributed by atoms with Crippen molar-refractivity contribution in [3.8, 4) is 0 Å². The number of hydrogen-bond acceptors (Lipinski definition) is 6. The van der Waals surface area contributed by atoms with Crippen LogP contribution in [0.15, 0.2) is 39.3 Å². The van der Waals surface area contributed by atoms with Gasteiger partial charge in [-0.15, -0.1) is 23.2 Å². The molecule has 1 aliphatic heterocycles. The fourth-order valence-electron chi connectivity index (χ4n) is 9.08. The number of epoxide rings is 1. The second kappa shape index (κ2) is 7.36. The van der Waals surface area contributed by atoms with Crippen LogP contribution in [0.1, 0.15) is 57.9 Å². The molecule has 9 atom stereocenters. The van der Waals surface area contributed by atoms with Gasteiger partial charge in [-0.25, -0.2) is 4.79 Å². The average Bonchev–Trinajstić information content (AvgIpc) is 3.54. The van der Waals surface area contributed by atoms with E-state index < -0.39 is 32.5 Å². The van der Waals surface area contributed by atoms with Crippen LogP contribution in [0.3, 0.4) is 0 Å². The van der Waals surface area contributed by atoms with Crippen LogP contribution in [-0.4, -0.2) is 53.2 Å². The second-order valence-electron chi connectivity index (χ2n) is 12.1. The average molecular weight is 525 g/mol. The minimum absolute atomic E-state index is 0.00500. The van der Waals surface area contributed by atoms with E-state index in [4.69, 9.17) is 41.8 Å². The summed E-state index contributed by atoms with van der Waals surface area (Å²) in [5.41, 5.74) is -1.33. The Morgan fingerprint density at radius 2 is 1.91 bits per heavy atom. The molecule has 5 aliphatic rings. The predicted octanol–water partition coefficient (Wildman–Crippen LogP) is 4.60. The monoisotopic (exact) mass is 524 g/mol. The molecule has 1 N–H and O–H groups in total. The standard InChI is InChI=1S/C27H34Cl2O6/c1-23(2)17-8-7-15-16(27(17,33-5)22-19(35-22)21(23)32-4)10-11-24(3)20(14-6-9-18(30)34-12-14)26(28,29)13-25(15,24)31/h6-7,9,12,16-17,19-22,31H,8,10-11,13H2,1-5H3/t16-,17-,19+,20+,21-,22+,24+,25-,27-/m0/s1. The van der Waals surface area contributed by atoms with Gasteiger partial charge in [0.15, 0.2) is 0 Å². The van der Waals surface area contributed by atoms with Gasteiger partial charge in [0, 0.05) is 49.9 Å². The van der Waals surface area contributed by atoms with E-state index in [0.717, 1.165) is 24.0 Å². The molecule has 4 aliphatic carbocycles. The minimum Gasteiger partial charge on any atom is -0.431 e. The number of ether oxygens (including phenoxy) is 3. The smallest absolute Gasteiger partial charge is 0.335 e. The number of methoxy groups -OCH3 is 2. The van der Waals surface area contributed by atoms with Gasteiger partial charge in [0.2, 0.25) is 0 Å². The van der Waals surface area contributed by atoms with Gasteiger partial charge in [-0.3, -0.25) is 0 Å². The number of rotatable bonds is 3. The Morgan fingerprint density at radius 1 is 1.17 bits per heavy atom. The van der Waals surface area contributed by atoms with E-state index in [2.05, 4.69) is 26.8 Å². The molecule has 1 saturated heterocycles. The van der Waals surface area contributed by atoms with E-state index >= 15 is 0 Å². The van der Waals surface area contributed by atoms with Crippen LogP contribution in [-0.2, 0) is 14.2 Å². The Hall–Kier alpha value is -0.890. The lowest BCUT2D eigenvalue weighted by atomic mass is 9.46. The van der Waals surface area contributed by atoms with Gasteiger partial charge in [0.1, 0.15) is 22.1 Å². The summed E-state index contributed by atoms with van der Waals surface area (Å²) >= 11 is 14.0. The number of aliphatic hydroxyl groups is 1. The zero-order chi connectivity index (χ0) is 25.2. The number of allylic oxidation sites excluding steroid dienone is 1. The van der Waals surface area contributed by atoms with Gasteiger partial charge in [-0.2, -0.15) is 0 Å². The molecule has 0 unspecified atom stereocenters. The molecule has 0 bridgehead atoms. The fraction of sp³-hybridized carbons (Fsp3) is 0.741. The van der Waals surface area contributed by atoms with Gasteiger partial charge in [-0.05, 0) is 41.9 Å². The lowest BCUT2D eigenvalue weighted by Gasteiger charge is -2.62. The summed E-state index contributed by atoms with van der Waals surface area (Å²) in [5.74, 6) is -0.253. The van der Waals surface area contributed by atoms with Crippen LogP contribution < -0.4 is 5.63 Å². The first-order chi connectivity index (χ1) is 16.4. The SMILES string of the molecule is CO[C@H]1[C@H]2O[C@H]2[C@]2(OC)[C@H]3CC[C@]4(C)[C@@H](c5ccc(=O)oc5)C(Cl)(Cl)C[C@]4(O)C3=CC[C@H]2C1(C)C. The van der Waals surface area contributed by atoms with Crippen LogP contribution in [0, 0.1) is 22.7 Å². The van der Waals surface area contributed by atoms with E-state index in [9.17, 15) is 9.90 Å². The molecule has 192 valence electrons. The van der Waals surface area contributed by atoms with Crippen molar-refractivity contribution >= 4 is 23.2 Å². The highest BCUT2D eigenvalue weighted by atomic mass is 35.5. The van der Waals surface area contributed by atoms with Gasteiger partial charge in [0.25, 0.3) is 0 Å². The van der Waals surface area contributed by atoms with E-state index in [0.29, 0.717) is 6.42 Å². The van der Waals surface area contributed by atoms with Gasteiger partial charge >= 0.3 is 5.63 Å². The van der Waals surface area contributed by atoms with Crippen LogP contribution in [0.4, 0.5) is 0 Å². The fourth-order valence-corrected chi connectivity index (χ4v) is 10.2. The van der Waals surface area contributed by atoms with Crippen molar-refractivity contribution in [2.45, 2.75) is 86.2 Å². The van der Waals surface area contributed by atoms with Crippen molar-refractivity contribution in [2.24, 2.45) is 22.7 Å². The molecule has 35 heavy (non-hydrogen) atoms. The topological polar surface area (TPSA) is 81.4 Å². The highest BCUT2D eigenvalue weighted by molar-refractivity contribution is 6.49. The Bertz CT molecular complexity index is 1120. The summed E-state index contributed by atoms with van der Waals surface area (Å²) in [6, 6.07) is 3.11. The highest BCUT2D eigenvalue weighted by Crippen LogP contribution is 2.74. The van der Waals surface area contributed by atoms with Gasteiger partial charge in [-0.1, -0.05) is 26.8 Å². The number of fused-ring (bicyclic) bond motifs is 7. The highest BCUT2D eigenvalue weighted by Gasteiger charge is 2.78. The molecular formula is C27H34Cl2O6. The van der Waals surface area contributed by atoms with Crippen LogP contribution in [0.5, 0.6) is 0 Å². The number of alkyl halides is 2. The van der Waals surface area contributed by atoms with Crippen molar-refractivity contribution < 1.29 is 23.7 Å². The molecule has 8 heteroatoms. The summed E-state index contributed by atoms with van der Waals surface area (Å²) in [7, 11) is 3.54. The molecular weight excluding hydrogens is 491 g/mol. The summed E-state index contributed by atoms with van der Waals surface area (Å²) < 4.78 is 22.6. The molecule has 0 radical (unpaired) electrons. The Morgan fingerprint density at radius 3 is 2.54 bits per heavy atom. The third kappa shape index (κ3) is 2.85. The summed E-state index contributed by atoms with van der Waals surface area (Å²) in [6.07, 6.45) is 6.01.